The van der Waals surface area contributed by atoms with Gasteiger partial charge in [-0.1, -0.05) is 17.6 Å². The zero-order valence-electron chi connectivity index (χ0n) is 5.52. The fourth-order valence-corrected chi connectivity index (χ4v) is 1.30. The maximum absolute atomic E-state index is 12.1. The van der Waals surface area contributed by atoms with Gasteiger partial charge in [0.15, 0.2) is 0 Å². The Morgan fingerprint density at radius 3 is 2.45 bits per heavy atom. The lowest BCUT2D eigenvalue weighted by Gasteiger charge is -2.03. The summed E-state index contributed by atoms with van der Waals surface area (Å²) in [6.07, 6.45) is -2.44. The van der Waals surface area contributed by atoms with Gasteiger partial charge in [-0.25, -0.2) is 8.78 Å². The van der Waals surface area contributed by atoms with Crippen LogP contribution in [0.3, 0.4) is 0 Å². The van der Waals surface area contributed by atoms with Gasteiger partial charge >= 0.3 is 0 Å². The summed E-state index contributed by atoms with van der Waals surface area (Å²) >= 11 is 1.86. The highest BCUT2D eigenvalue weighted by atomic mass is 127. The standard InChI is InChI=1S/C7H4BF2I/c8-4-1-2-6(11)5(3-4)7(9)10/h1-3,7H. The third-order valence-corrected chi connectivity index (χ3v) is 2.24. The van der Waals surface area contributed by atoms with Crippen LogP contribution in [-0.2, 0) is 0 Å². The predicted molar refractivity (Wildman–Crippen MR) is 49.5 cm³/mol. The van der Waals surface area contributed by atoms with Crippen LogP contribution in [0, 0.1) is 3.57 Å². The highest BCUT2D eigenvalue weighted by Crippen LogP contribution is 2.22. The topological polar surface area (TPSA) is 0 Å². The van der Waals surface area contributed by atoms with Crippen molar-refractivity contribution in [1.82, 2.24) is 0 Å². The molecule has 0 aliphatic heterocycles. The van der Waals surface area contributed by atoms with E-state index >= 15 is 0 Å². The lowest BCUT2D eigenvalue weighted by atomic mass is 9.95. The van der Waals surface area contributed by atoms with Crippen molar-refractivity contribution in [3.8, 4) is 0 Å². The SMILES string of the molecule is [B]c1ccc(I)c(C(F)F)c1. The van der Waals surface area contributed by atoms with Crippen LogP contribution < -0.4 is 5.46 Å². The van der Waals surface area contributed by atoms with Crippen LogP contribution in [0.2, 0.25) is 0 Å². The molecule has 0 atom stereocenters. The van der Waals surface area contributed by atoms with Crippen LogP contribution in [0.15, 0.2) is 18.2 Å². The summed E-state index contributed by atoms with van der Waals surface area (Å²) in [7, 11) is 5.33. The molecule has 0 amide bonds. The second-order valence-electron chi connectivity index (χ2n) is 2.08. The first-order chi connectivity index (χ1) is 5.11. The van der Waals surface area contributed by atoms with E-state index in [1.165, 1.54) is 6.07 Å². The van der Waals surface area contributed by atoms with Gasteiger partial charge in [-0.3, -0.25) is 0 Å². The summed E-state index contributed by atoms with van der Waals surface area (Å²) in [6.45, 7) is 0. The Bertz CT molecular complexity index is 263. The maximum Gasteiger partial charge on any atom is 0.264 e. The molecule has 1 aromatic rings. The molecule has 0 bridgehead atoms. The Morgan fingerprint density at radius 1 is 1.36 bits per heavy atom. The van der Waals surface area contributed by atoms with E-state index in [-0.39, 0.29) is 5.56 Å². The van der Waals surface area contributed by atoms with Crippen LogP contribution in [0.4, 0.5) is 8.78 Å². The molecule has 0 N–H and O–H groups in total. The molecule has 2 radical (unpaired) electrons. The van der Waals surface area contributed by atoms with Gasteiger partial charge in [0.05, 0.1) is 0 Å². The van der Waals surface area contributed by atoms with E-state index in [1.54, 1.807) is 12.1 Å². The van der Waals surface area contributed by atoms with E-state index < -0.39 is 6.43 Å². The Balaban J connectivity index is 3.13. The molecule has 0 aliphatic carbocycles. The molecule has 0 aromatic heterocycles. The maximum atomic E-state index is 12.1. The highest BCUT2D eigenvalue weighted by Gasteiger charge is 2.10. The van der Waals surface area contributed by atoms with Gasteiger partial charge in [-0.05, 0) is 28.7 Å². The average molecular weight is 264 g/mol. The van der Waals surface area contributed by atoms with Crippen LogP contribution in [0.1, 0.15) is 12.0 Å². The molecule has 11 heavy (non-hydrogen) atoms. The summed E-state index contributed by atoms with van der Waals surface area (Å²) in [6, 6.07) is 4.48. The van der Waals surface area contributed by atoms with Gasteiger partial charge in [-0.2, -0.15) is 0 Å². The van der Waals surface area contributed by atoms with Crippen LogP contribution in [-0.4, -0.2) is 7.85 Å². The molecule has 0 aliphatic rings. The summed E-state index contributed by atoms with van der Waals surface area (Å²) in [5.74, 6) is 0. The van der Waals surface area contributed by atoms with Gasteiger partial charge < -0.3 is 0 Å². The van der Waals surface area contributed by atoms with Crippen molar-refractivity contribution >= 4 is 35.9 Å². The summed E-state index contributed by atoms with van der Waals surface area (Å²) in [5.41, 5.74) is 0.381. The molecule has 0 fully saturated rings. The van der Waals surface area contributed by atoms with E-state index in [0.29, 0.717) is 9.03 Å². The Kier molecular flexibility index (Phi) is 2.87. The average Bonchev–Trinajstić information content (AvgIpc) is 1.94. The normalized spacial score (nSPS) is 10.5. The summed E-state index contributed by atoms with van der Waals surface area (Å²) in [5, 5.41) is 0. The molecule has 1 aromatic carbocycles. The molecule has 0 saturated carbocycles. The second kappa shape index (κ2) is 3.52. The number of alkyl halides is 2. The van der Waals surface area contributed by atoms with Gasteiger partial charge in [0.25, 0.3) is 6.43 Å². The van der Waals surface area contributed by atoms with Gasteiger partial charge in [0.1, 0.15) is 7.85 Å². The fourth-order valence-electron chi connectivity index (χ4n) is 0.729. The smallest absolute Gasteiger partial charge is 0.205 e. The largest absolute Gasteiger partial charge is 0.264 e. The third-order valence-electron chi connectivity index (χ3n) is 1.26. The molecule has 0 heterocycles. The number of hydrogen-bond donors (Lipinski definition) is 0. The number of rotatable bonds is 1. The number of hydrogen-bond acceptors (Lipinski definition) is 0. The molecule has 1 rings (SSSR count). The van der Waals surface area contributed by atoms with Gasteiger partial charge in [0.2, 0.25) is 0 Å². The molecule has 0 nitrogen and oxygen atoms in total. The predicted octanol–water partition coefficient (Wildman–Crippen LogP) is 2.02. The second-order valence-corrected chi connectivity index (χ2v) is 3.24. The molecule has 0 saturated heterocycles. The molecule has 0 unspecified atom stereocenters. The Hall–Kier alpha value is -0.125. The fraction of sp³-hybridized carbons (Fsp3) is 0.143. The zero-order chi connectivity index (χ0) is 8.43. The van der Waals surface area contributed by atoms with Crippen molar-refractivity contribution in [2.45, 2.75) is 6.43 Å². The van der Waals surface area contributed by atoms with Crippen molar-refractivity contribution in [2.24, 2.45) is 0 Å². The van der Waals surface area contributed by atoms with Crippen molar-refractivity contribution in [2.75, 3.05) is 0 Å². The quantitative estimate of drug-likeness (QED) is 0.537. The van der Waals surface area contributed by atoms with Crippen LogP contribution in [0.5, 0.6) is 0 Å². The van der Waals surface area contributed by atoms with E-state index in [4.69, 9.17) is 7.85 Å². The molecule has 0 spiro atoms. The lowest BCUT2D eigenvalue weighted by Crippen LogP contribution is -2.04. The number of halogens is 3. The Labute approximate surface area is 78.5 Å². The van der Waals surface area contributed by atoms with Crippen molar-refractivity contribution in [3.05, 3.63) is 27.3 Å². The van der Waals surface area contributed by atoms with Crippen molar-refractivity contribution in [3.63, 3.8) is 0 Å². The summed E-state index contributed by atoms with van der Waals surface area (Å²) in [4.78, 5) is 0. The van der Waals surface area contributed by atoms with Crippen molar-refractivity contribution in [1.29, 1.82) is 0 Å². The van der Waals surface area contributed by atoms with E-state index in [0.717, 1.165) is 0 Å². The van der Waals surface area contributed by atoms with E-state index in [1.807, 2.05) is 22.6 Å². The number of benzene rings is 1. The first-order valence-electron chi connectivity index (χ1n) is 2.94. The minimum atomic E-state index is -2.44. The molecule has 56 valence electrons. The van der Waals surface area contributed by atoms with Crippen LogP contribution in [0.25, 0.3) is 0 Å². The van der Waals surface area contributed by atoms with E-state index in [9.17, 15) is 8.78 Å². The third kappa shape index (κ3) is 2.15. The summed E-state index contributed by atoms with van der Waals surface area (Å²) < 4.78 is 24.8. The Morgan fingerprint density at radius 2 is 2.00 bits per heavy atom. The van der Waals surface area contributed by atoms with Crippen molar-refractivity contribution < 1.29 is 8.78 Å². The monoisotopic (exact) mass is 264 g/mol. The van der Waals surface area contributed by atoms with Gasteiger partial charge in [-0.15, -0.1) is 0 Å². The molecular formula is C7H4BF2I. The minimum absolute atomic E-state index is 0.00519. The minimum Gasteiger partial charge on any atom is -0.205 e. The first-order valence-corrected chi connectivity index (χ1v) is 4.02. The lowest BCUT2D eigenvalue weighted by molar-refractivity contribution is 0.150. The van der Waals surface area contributed by atoms with Crippen LogP contribution >= 0.6 is 22.6 Å². The highest BCUT2D eigenvalue weighted by molar-refractivity contribution is 14.1. The van der Waals surface area contributed by atoms with E-state index in [2.05, 4.69) is 0 Å². The molecular weight excluding hydrogens is 260 g/mol. The first kappa shape index (κ1) is 8.97. The van der Waals surface area contributed by atoms with Gasteiger partial charge in [0, 0.05) is 9.13 Å². The zero-order valence-corrected chi connectivity index (χ0v) is 7.68. The molecule has 4 heteroatoms.